The van der Waals surface area contributed by atoms with Crippen LogP contribution >= 0.6 is 0 Å². The zero-order chi connectivity index (χ0) is 23.0. The van der Waals surface area contributed by atoms with Crippen LogP contribution in [0.3, 0.4) is 0 Å². The Balaban J connectivity index is 1.75. The molecule has 0 saturated carbocycles. The molecule has 168 valence electrons. The van der Waals surface area contributed by atoms with Gasteiger partial charge in [0.15, 0.2) is 0 Å². The molecule has 32 heavy (non-hydrogen) atoms. The Kier molecular flexibility index (Phi) is 5.86. The second-order valence-corrected chi connectivity index (χ2v) is 8.58. The van der Waals surface area contributed by atoms with Crippen LogP contribution in [0, 0.1) is 5.92 Å². The SMILES string of the molecule is CCOC(=O)[C@H](CC(C)C)Nc1ccc2cccc3c2c1C(=O)N3C1CCC(=O)NC1=O. The lowest BCUT2D eigenvalue weighted by atomic mass is 10.0. The van der Waals surface area contributed by atoms with Crippen LogP contribution in [0.5, 0.6) is 0 Å². The van der Waals surface area contributed by atoms with Gasteiger partial charge in [0.2, 0.25) is 11.8 Å². The van der Waals surface area contributed by atoms with Gasteiger partial charge in [-0.1, -0.05) is 32.0 Å². The van der Waals surface area contributed by atoms with E-state index in [1.54, 1.807) is 19.1 Å². The second kappa shape index (κ2) is 8.61. The highest BCUT2D eigenvalue weighted by Crippen LogP contribution is 2.43. The van der Waals surface area contributed by atoms with Crippen molar-refractivity contribution >= 4 is 45.8 Å². The average Bonchev–Trinajstić information content (AvgIpc) is 3.03. The quantitative estimate of drug-likeness (QED) is 0.510. The van der Waals surface area contributed by atoms with E-state index in [9.17, 15) is 19.2 Å². The lowest BCUT2D eigenvalue weighted by Crippen LogP contribution is -2.53. The van der Waals surface area contributed by atoms with E-state index in [4.69, 9.17) is 4.74 Å². The van der Waals surface area contributed by atoms with Crippen molar-refractivity contribution in [1.82, 2.24) is 5.32 Å². The maximum Gasteiger partial charge on any atom is 0.328 e. The van der Waals surface area contributed by atoms with Crippen molar-refractivity contribution in [2.75, 3.05) is 16.8 Å². The van der Waals surface area contributed by atoms with E-state index in [1.165, 1.54) is 4.90 Å². The summed E-state index contributed by atoms with van der Waals surface area (Å²) in [6.07, 6.45) is 0.988. The lowest BCUT2D eigenvalue weighted by molar-refractivity contribution is -0.144. The number of ether oxygens (including phenoxy) is 1. The average molecular weight is 437 g/mol. The monoisotopic (exact) mass is 437 g/mol. The number of hydrogen-bond acceptors (Lipinski definition) is 6. The number of esters is 1. The molecule has 2 atom stereocenters. The molecule has 0 aromatic heterocycles. The minimum Gasteiger partial charge on any atom is -0.464 e. The molecule has 3 amide bonds. The largest absolute Gasteiger partial charge is 0.464 e. The van der Waals surface area contributed by atoms with Gasteiger partial charge in [0.1, 0.15) is 12.1 Å². The number of carbonyl (C=O) groups excluding carboxylic acids is 4. The first kappa shape index (κ1) is 21.8. The summed E-state index contributed by atoms with van der Waals surface area (Å²) < 4.78 is 5.24. The molecule has 1 fully saturated rings. The fourth-order valence-corrected chi connectivity index (χ4v) is 4.49. The summed E-state index contributed by atoms with van der Waals surface area (Å²) in [5.41, 5.74) is 1.60. The fraction of sp³-hybridized carbons (Fsp3) is 0.417. The number of carbonyl (C=O) groups is 4. The summed E-state index contributed by atoms with van der Waals surface area (Å²) in [7, 11) is 0. The molecule has 0 bridgehead atoms. The Morgan fingerprint density at radius 1 is 1.22 bits per heavy atom. The van der Waals surface area contributed by atoms with Crippen LogP contribution in [0.15, 0.2) is 30.3 Å². The van der Waals surface area contributed by atoms with Crippen molar-refractivity contribution in [1.29, 1.82) is 0 Å². The van der Waals surface area contributed by atoms with E-state index >= 15 is 0 Å². The molecule has 8 heteroatoms. The van der Waals surface area contributed by atoms with Crippen LogP contribution in [0.1, 0.15) is 50.4 Å². The molecular weight excluding hydrogens is 410 g/mol. The molecule has 2 N–H and O–H groups in total. The number of nitrogens with one attached hydrogen (secondary N) is 2. The van der Waals surface area contributed by atoms with Gasteiger partial charge in [-0.2, -0.15) is 0 Å². The van der Waals surface area contributed by atoms with E-state index in [-0.39, 0.29) is 43.2 Å². The van der Waals surface area contributed by atoms with E-state index in [2.05, 4.69) is 10.6 Å². The van der Waals surface area contributed by atoms with Gasteiger partial charge in [-0.05, 0) is 43.2 Å². The van der Waals surface area contributed by atoms with Gasteiger partial charge in [-0.15, -0.1) is 0 Å². The van der Waals surface area contributed by atoms with Gasteiger partial charge >= 0.3 is 5.97 Å². The summed E-state index contributed by atoms with van der Waals surface area (Å²) in [5, 5.41) is 7.17. The Morgan fingerprint density at radius 3 is 2.69 bits per heavy atom. The highest BCUT2D eigenvalue weighted by atomic mass is 16.5. The molecule has 2 aromatic rings. The van der Waals surface area contributed by atoms with E-state index in [1.807, 2.05) is 32.0 Å². The molecule has 2 aliphatic rings. The van der Waals surface area contributed by atoms with Gasteiger partial charge < -0.3 is 10.1 Å². The Morgan fingerprint density at radius 2 is 2.00 bits per heavy atom. The highest BCUT2D eigenvalue weighted by molar-refractivity contribution is 6.29. The van der Waals surface area contributed by atoms with Gasteiger partial charge in [0, 0.05) is 17.5 Å². The molecule has 2 heterocycles. The van der Waals surface area contributed by atoms with Crippen LogP contribution in [-0.4, -0.2) is 42.4 Å². The number of nitrogens with zero attached hydrogens (tertiary/aromatic N) is 1. The minimum absolute atomic E-state index is 0.178. The third-order valence-corrected chi connectivity index (χ3v) is 5.85. The van der Waals surface area contributed by atoms with E-state index < -0.39 is 18.0 Å². The van der Waals surface area contributed by atoms with E-state index in [0.29, 0.717) is 23.4 Å². The number of amides is 3. The molecular formula is C24H27N3O5. The number of rotatable bonds is 7. The van der Waals surface area contributed by atoms with Crippen LogP contribution in [0.4, 0.5) is 11.4 Å². The van der Waals surface area contributed by atoms with Crippen LogP contribution in [-0.2, 0) is 19.1 Å². The molecule has 1 saturated heterocycles. The van der Waals surface area contributed by atoms with Crippen molar-refractivity contribution in [3.05, 3.63) is 35.9 Å². The first-order valence-electron chi connectivity index (χ1n) is 11.0. The normalized spacial score (nSPS) is 18.8. The number of anilines is 2. The molecule has 0 aliphatic carbocycles. The zero-order valence-corrected chi connectivity index (χ0v) is 18.4. The summed E-state index contributed by atoms with van der Waals surface area (Å²) in [4.78, 5) is 51.8. The number of hydrogen-bond donors (Lipinski definition) is 2. The van der Waals surface area contributed by atoms with Crippen LogP contribution < -0.4 is 15.5 Å². The fourth-order valence-electron chi connectivity index (χ4n) is 4.49. The van der Waals surface area contributed by atoms with Crippen molar-refractivity contribution in [3.8, 4) is 0 Å². The summed E-state index contributed by atoms with van der Waals surface area (Å²) in [6.45, 7) is 6.06. The summed E-state index contributed by atoms with van der Waals surface area (Å²) in [6, 6.07) is 7.87. The number of imide groups is 1. The molecule has 0 radical (unpaired) electrons. The number of benzene rings is 2. The third kappa shape index (κ3) is 3.81. The van der Waals surface area contributed by atoms with Crippen molar-refractivity contribution < 1.29 is 23.9 Å². The number of piperidine rings is 1. The van der Waals surface area contributed by atoms with Crippen molar-refractivity contribution in [2.24, 2.45) is 5.92 Å². The predicted octanol–water partition coefficient (Wildman–Crippen LogP) is 2.99. The molecule has 2 aliphatic heterocycles. The van der Waals surface area contributed by atoms with E-state index in [0.717, 1.165) is 10.8 Å². The molecule has 8 nitrogen and oxygen atoms in total. The van der Waals surface area contributed by atoms with Crippen molar-refractivity contribution in [3.63, 3.8) is 0 Å². The second-order valence-electron chi connectivity index (χ2n) is 8.58. The molecule has 0 spiro atoms. The van der Waals surface area contributed by atoms with Crippen LogP contribution in [0.25, 0.3) is 10.8 Å². The minimum atomic E-state index is -0.762. The standard InChI is InChI=1S/C24H27N3O5/c1-4-32-24(31)16(12-13(2)3)25-15-9-8-14-6-5-7-17-20(14)21(15)23(30)27(17)18-10-11-19(28)26-22(18)29/h5-9,13,16,18,25H,4,10-12H2,1-3H3,(H,26,28,29)/t16-,18?/m0/s1. The molecule has 1 unspecified atom stereocenters. The van der Waals surface area contributed by atoms with Crippen LogP contribution in [0.2, 0.25) is 0 Å². The van der Waals surface area contributed by atoms with Crippen molar-refractivity contribution in [2.45, 2.75) is 52.1 Å². The van der Waals surface area contributed by atoms with Gasteiger partial charge in [-0.25, -0.2) is 4.79 Å². The van der Waals surface area contributed by atoms with Gasteiger partial charge in [0.25, 0.3) is 5.91 Å². The molecule has 2 aromatic carbocycles. The maximum absolute atomic E-state index is 13.6. The predicted molar refractivity (Wildman–Crippen MR) is 120 cm³/mol. The highest BCUT2D eigenvalue weighted by Gasteiger charge is 2.42. The smallest absolute Gasteiger partial charge is 0.328 e. The Bertz CT molecular complexity index is 1110. The Hall–Kier alpha value is -3.42. The first-order chi connectivity index (χ1) is 15.3. The van der Waals surface area contributed by atoms with Gasteiger partial charge in [0.05, 0.1) is 17.9 Å². The molecule has 4 rings (SSSR count). The lowest BCUT2D eigenvalue weighted by Gasteiger charge is -2.30. The van der Waals surface area contributed by atoms with Gasteiger partial charge in [-0.3, -0.25) is 24.6 Å². The zero-order valence-electron chi connectivity index (χ0n) is 18.4. The topological polar surface area (TPSA) is 105 Å². The summed E-state index contributed by atoms with van der Waals surface area (Å²) in [5.74, 6) is -1.26. The Labute approximate surface area is 186 Å². The maximum atomic E-state index is 13.6. The summed E-state index contributed by atoms with van der Waals surface area (Å²) >= 11 is 0. The first-order valence-corrected chi connectivity index (χ1v) is 11.0. The third-order valence-electron chi connectivity index (χ3n) is 5.85.